The number of nitriles is 1. The molecule has 0 radical (unpaired) electrons. The van der Waals surface area contributed by atoms with E-state index in [1.54, 1.807) is 6.07 Å². The van der Waals surface area contributed by atoms with E-state index >= 15 is 0 Å². The number of anilines is 1. The van der Waals surface area contributed by atoms with Crippen molar-refractivity contribution in [2.45, 2.75) is 13.8 Å². The Labute approximate surface area is 92.5 Å². The van der Waals surface area contributed by atoms with Gasteiger partial charge in [-0.1, -0.05) is 0 Å². The van der Waals surface area contributed by atoms with Crippen molar-refractivity contribution in [3.8, 4) is 6.07 Å². The first-order valence-electron chi connectivity index (χ1n) is 4.54. The number of halogens is 1. The van der Waals surface area contributed by atoms with E-state index in [9.17, 15) is 0 Å². The average molecular weight is 254 g/mol. The van der Waals surface area contributed by atoms with Gasteiger partial charge in [0.15, 0.2) is 0 Å². The average Bonchev–Trinajstić information content (AvgIpc) is 2.20. The largest absolute Gasteiger partial charge is 0.357 e. The van der Waals surface area contributed by atoms with Crippen LogP contribution in [0.25, 0.3) is 0 Å². The molecule has 0 saturated heterocycles. The highest BCUT2D eigenvalue weighted by atomic mass is 79.9. The molecule has 0 atom stereocenters. The van der Waals surface area contributed by atoms with E-state index in [4.69, 9.17) is 5.26 Å². The Hall–Kier alpha value is -1.08. The van der Waals surface area contributed by atoms with Crippen molar-refractivity contribution in [2.75, 3.05) is 18.0 Å². The second-order valence-electron chi connectivity index (χ2n) is 2.79. The lowest BCUT2D eigenvalue weighted by atomic mass is 10.3. The number of hydrogen-bond acceptors (Lipinski definition) is 3. The van der Waals surface area contributed by atoms with E-state index in [1.165, 1.54) is 0 Å². The Kier molecular flexibility index (Phi) is 3.90. The van der Waals surface area contributed by atoms with Gasteiger partial charge in [-0.25, -0.2) is 4.98 Å². The molecule has 1 heterocycles. The SMILES string of the molecule is CCN(CC)c1ccc(C#N)c(Br)n1. The standard InChI is InChI=1S/C10H12BrN3/c1-3-14(4-2)9-6-5-8(7-12)10(11)13-9/h5-6H,3-4H2,1-2H3. The summed E-state index contributed by atoms with van der Waals surface area (Å²) >= 11 is 3.27. The molecule has 1 aromatic rings. The first-order valence-corrected chi connectivity index (χ1v) is 5.33. The van der Waals surface area contributed by atoms with Gasteiger partial charge in [-0.3, -0.25) is 0 Å². The van der Waals surface area contributed by atoms with Crippen LogP contribution in [0.2, 0.25) is 0 Å². The minimum absolute atomic E-state index is 0.570. The molecule has 0 aliphatic heterocycles. The Bertz CT molecular complexity index is 353. The predicted octanol–water partition coefficient (Wildman–Crippen LogP) is 2.56. The maximum absolute atomic E-state index is 8.73. The second-order valence-corrected chi connectivity index (χ2v) is 3.54. The van der Waals surface area contributed by atoms with E-state index in [1.807, 2.05) is 6.07 Å². The van der Waals surface area contributed by atoms with Crippen molar-refractivity contribution in [3.63, 3.8) is 0 Å². The van der Waals surface area contributed by atoms with E-state index in [2.05, 4.69) is 45.7 Å². The molecular weight excluding hydrogens is 242 g/mol. The zero-order valence-electron chi connectivity index (χ0n) is 8.29. The van der Waals surface area contributed by atoms with Crippen molar-refractivity contribution < 1.29 is 0 Å². The third-order valence-electron chi connectivity index (χ3n) is 2.04. The van der Waals surface area contributed by atoms with Gasteiger partial charge in [-0.15, -0.1) is 0 Å². The summed E-state index contributed by atoms with van der Waals surface area (Å²) < 4.78 is 0.615. The Morgan fingerprint density at radius 3 is 2.50 bits per heavy atom. The number of nitrogens with zero attached hydrogens (tertiary/aromatic N) is 3. The predicted molar refractivity (Wildman–Crippen MR) is 60.2 cm³/mol. The third-order valence-corrected chi connectivity index (χ3v) is 2.65. The van der Waals surface area contributed by atoms with Gasteiger partial charge in [0.1, 0.15) is 16.5 Å². The summed E-state index contributed by atoms with van der Waals surface area (Å²) in [4.78, 5) is 6.44. The molecule has 0 amide bonds. The third kappa shape index (κ3) is 2.24. The zero-order chi connectivity index (χ0) is 10.6. The van der Waals surface area contributed by atoms with Gasteiger partial charge in [0, 0.05) is 13.1 Å². The summed E-state index contributed by atoms with van der Waals surface area (Å²) in [6, 6.07) is 5.72. The summed E-state index contributed by atoms with van der Waals surface area (Å²) in [5, 5.41) is 8.73. The maximum atomic E-state index is 8.73. The van der Waals surface area contributed by atoms with Gasteiger partial charge >= 0.3 is 0 Å². The van der Waals surface area contributed by atoms with E-state index in [0.29, 0.717) is 10.2 Å². The molecule has 0 fully saturated rings. The first-order chi connectivity index (χ1) is 6.72. The maximum Gasteiger partial charge on any atom is 0.129 e. The van der Waals surface area contributed by atoms with Crippen LogP contribution in [-0.4, -0.2) is 18.1 Å². The van der Waals surface area contributed by atoms with Crippen LogP contribution in [0.4, 0.5) is 5.82 Å². The summed E-state index contributed by atoms with van der Waals surface area (Å²) in [7, 11) is 0. The number of rotatable bonds is 3. The van der Waals surface area contributed by atoms with Crippen LogP contribution in [0.15, 0.2) is 16.7 Å². The Morgan fingerprint density at radius 2 is 2.07 bits per heavy atom. The summed E-state index contributed by atoms with van der Waals surface area (Å²) in [5.74, 6) is 0.904. The van der Waals surface area contributed by atoms with Gasteiger partial charge in [0.2, 0.25) is 0 Å². The van der Waals surface area contributed by atoms with Gasteiger partial charge in [-0.2, -0.15) is 5.26 Å². The molecule has 0 aliphatic carbocycles. The second kappa shape index (κ2) is 4.97. The summed E-state index contributed by atoms with van der Waals surface area (Å²) in [6.45, 7) is 6.00. The molecule has 0 aromatic carbocycles. The topological polar surface area (TPSA) is 39.9 Å². The van der Waals surface area contributed by atoms with Crippen LogP contribution in [0, 0.1) is 11.3 Å². The van der Waals surface area contributed by atoms with Gasteiger partial charge in [0.25, 0.3) is 0 Å². The summed E-state index contributed by atoms with van der Waals surface area (Å²) in [6.07, 6.45) is 0. The molecule has 0 bridgehead atoms. The van der Waals surface area contributed by atoms with Crippen LogP contribution in [0.3, 0.4) is 0 Å². The molecular formula is C10H12BrN3. The van der Waals surface area contributed by atoms with Crippen molar-refractivity contribution in [1.82, 2.24) is 4.98 Å². The fourth-order valence-electron chi connectivity index (χ4n) is 1.23. The molecule has 0 spiro atoms. The van der Waals surface area contributed by atoms with E-state index in [-0.39, 0.29) is 0 Å². The van der Waals surface area contributed by atoms with Crippen LogP contribution < -0.4 is 4.90 Å². The smallest absolute Gasteiger partial charge is 0.129 e. The molecule has 1 rings (SSSR count). The first kappa shape index (κ1) is 11.0. The van der Waals surface area contributed by atoms with Gasteiger partial charge in [0.05, 0.1) is 5.56 Å². The highest BCUT2D eigenvalue weighted by Crippen LogP contribution is 2.18. The molecule has 74 valence electrons. The monoisotopic (exact) mass is 253 g/mol. The van der Waals surface area contributed by atoms with Crippen LogP contribution in [0.1, 0.15) is 19.4 Å². The van der Waals surface area contributed by atoms with Crippen molar-refractivity contribution in [1.29, 1.82) is 5.26 Å². The lowest BCUT2D eigenvalue weighted by molar-refractivity contribution is 0.843. The van der Waals surface area contributed by atoms with E-state index < -0.39 is 0 Å². The molecule has 0 aliphatic rings. The molecule has 0 N–H and O–H groups in total. The van der Waals surface area contributed by atoms with Gasteiger partial charge < -0.3 is 4.90 Å². The van der Waals surface area contributed by atoms with Crippen molar-refractivity contribution in [3.05, 3.63) is 22.3 Å². The van der Waals surface area contributed by atoms with Crippen LogP contribution in [-0.2, 0) is 0 Å². The van der Waals surface area contributed by atoms with Crippen molar-refractivity contribution >= 4 is 21.7 Å². The van der Waals surface area contributed by atoms with Crippen LogP contribution in [0.5, 0.6) is 0 Å². The molecule has 1 aromatic heterocycles. The van der Waals surface area contributed by atoms with Crippen LogP contribution >= 0.6 is 15.9 Å². The fourth-order valence-corrected chi connectivity index (χ4v) is 1.63. The molecule has 14 heavy (non-hydrogen) atoms. The Morgan fingerprint density at radius 1 is 1.43 bits per heavy atom. The van der Waals surface area contributed by atoms with E-state index in [0.717, 1.165) is 18.9 Å². The normalized spacial score (nSPS) is 9.57. The lowest BCUT2D eigenvalue weighted by Crippen LogP contribution is -2.22. The number of aromatic nitrogens is 1. The molecule has 3 nitrogen and oxygen atoms in total. The Balaban J connectivity index is 3.02. The van der Waals surface area contributed by atoms with Crippen molar-refractivity contribution in [2.24, 2.45) is 0 Å². The fraction of sp³-hybridized carbons (Fsp3) is 0.400. The zero-order valence-corrected chi connectivity index (χ0v) is 9.87. The highest BCUT2D eigenvalue weighted by molar-refractivity contribution is 9.10. The summed E-state index contributed by atoms with van der Waals surface area (Å²) in [5.41, 5.74) is 0.570. The minimum atomic E-state index is 0.570. The lowest BCUT2D eigenvalue weighted by Gasteiger charge is -2.19. The highest BCUT2D eigenvalue weighted by Gasteiger charge is 2.06. The quantitative estimate of drug-likeness (QED) is 0.778. The minimum Gasteiger partial charge on any atom is -0.357 e. The molecule has 0 unspecified atom stereocenters. The number of hydrogen-bond donors (Lipinski definition) is 0. The molecule has 0 saturated carbocycles. The number of pyridine rings is 1. The van der Waals surface area contributed by atoms with Gasteiger partial charge in [-0.05, 0) is 41.9 Å². The molecule has 4 heteroatoms.